The van der Waals surface area contributed by atoms with Crippen LogP contribution in [0.15, 0.2) is 23.8 Å². The lowest BCUT2D eigenvalue weighted by molar-refractivity contribution is -0.224. The number of carbonyl (C=O) groups is 3. The van der Waals surface area contributed by atoms with E-state index < -0.39 is 76.3 Å². The van der Waals surface area contributed by atoms with Gasteiger partial charge in [0.2, 0.25) is 5.78 Å². The van der Waals surface area contributed by atoms with Crippen molar-refractivity contribution in [1.29, 1.82) is 0 Å². The average Bonchev–Trinajstić information content (AvgIpc) is 2.91. The van der Waals surface area contributed by atoms with Gasteiger partial charge in [-0.25, -0.2) is 8.78 Å². The highest BCUT2D eigenvalue weighted by Gasteiger charge is 2.76. The number of aliphatic hydroxyl groups is 2. The van der Waals surface area contributed by atoms with E-state index in [4.69, 9.17) is 4.74 Å². The van der Waals surface area contributed by atoms with E-state index in [9.17, 15) is 24.6 Å². The van der Waals surface area contributed by atoms with E-state index >= 15 is 8.78 Å². The number of carbonyl (C=O) groups excluding carboxylic acids is 3. The van der Waals surface area contributed by atoms with Crippen molar-refractivity contribution in [2.45, 2.75) is 70.5 Å². The van der Waals surface area contributed by atoms with E-state index in [0.29, 0.717) is 0 Å². The van der Waals surface area contributed by atoms with Gasteiger partial charge >= 0.3 is 5.97 Å². The van der Waals surface area contributed by atoms with Crippen LogP contribution in [0.4, 0.5) is 8.78 Å². The standard InChI is InChI=1S/C24H30F2O6/c1-12-7-15-16-9-18(25)17-8-14(28)5-6-21(17,3)23(16,26)19(29)10-22(15,4)24(12,31)20(30)11-32-13(2)27/h5-6,8,12,15-16,18-19,29,31H,7,9-11H2,1-4H3/t12-,15?,16?,18+,19-,21+,22+,23+,24+/m1/s1. The molecule has 0 heterocycles. The fourth-order valence-electron chi connectivity index (χ4n) is 7.41. The number of halogens is 2. The van der Waals surface area contributed by atoms with Crippen LogP contribution < -0.4 is 0 Å². The SMILES string of the molecule is CC(=O)OCC(=O)[C@@]1(O)[C@H](C)CC2C3C[C@H](F)C4=CC(=O)C=C[C@]4(C)[C@@]3(F)[C@H](O)C[C@@]21C. The third-order valence-electron chi connectivity index (χ3n) is 9.04. The predicted octanol–water partition coefficient (Wildman–Crippen LogP) is 2.41. The molecule has 0 saturated heterocycles. The highest BCUT2D eigenvalue weighted by atomic mass is 19.1. The number of aliphatic hydroxyl groups excluding tert-OH is 1. The topological polar surface area (TPSA) is 101 Å². The highest BCUT2D eigenvalue weighted by Crippen LogP contribution is 2.70. The number of Topliss-reactive ketones (excluding diaryl/α,β-unsaturated/α-hetero) is 1. The molecule has 0 aromatic carbocycles. The third kappa shape index (κ3) is 2.65. The summed E-state index contributed by atoms with van der Waals surface area (Å²) in [5.41, 5.74) is -6.97. The molecule has 0 bridgehead atoms. The lowest BCUT2D eigenvalue weighted by Gasteiger charge is -2.63. The highest BCUT2D eigenvalue weighted by molar-refractivity contribution is 6.01. The molecule has 0 aliphatic heterocycles. The molecular formula is C24H30F2O6. The summed E-state index contributed by atoms with van der Waals surface area (Å²) in [7, 11) is 0. The van der Waals surface area contributed by atoms with Gasteiger partial charge in [0.1, 0.15) is 11.8 Å². The first-order valence-corrected chi connectivity index (χ1v) is 11.1. The molecule has 2 unspecified atom stereocenters. The van der Waals surface area contributed by atoms with E-state index in [2.05, 4.69) is 0 Å². The normalized spacial score (nSPS) is 49.6. The summed E-state index contributed by atoms with van der Waals surface area (Å²) in [6.45, 7) is 5.34. The molecule has 2 N–H and O–H groups in total. The zero-order valence-electron chi connectivity index (χ0n) is 18.7. The fourth-order valence-corrected chi connectivity index (χ4v) is 7.41. The molecule has 0 aromatic heterocycles. The second-order valence-electron chi connectivity index (χ2n) is 10.5. The van der Waals surface area contributed by atoms with Crippen molar-refractivity contribution in [2.24, 2.45) is 28.6 Å². The number of hydrogen-bond donors (Lipinski definition) is 2. The van der Waals surface area contributed by atoms with Crippen molar-refractivity contribution < 1.29 is 38.1 Å². The van der Waals surface area contributed by atoms with Crippen molar-refractivity contribution in [3.8, 4) is 0 Å². The largest absolute Gasteiger partial charge is 0.458 e. The zero-order chi connectivity index (χ0) is 23.9. The van der Waals surface area contributed by atoms with Gasteiger partial charge in [0.25, 0.3) is 0 Å². The molecule has 0 spiro atoms. The lowest BCUT2D eigenvalue weighted by Crippen LogP contribution is -2.70. The average molecular weight is 452 g/mol. The van der Waals surface area contributed by atoms with Crippen LogP contribution in [0.1, 0.15) is 47.0 Å². The monoisotopic (exact) mass is 452 g/mol. The van der Waals surface area contributed by atoms with Crippen molar-refractivity contribution in [2.75, 3.05) is 6.61 Å². The Hall–Kier alpha value is -1.93. The molecule has 32 heavy (non-hydrogen) atoms. The van der Waals surface area contributed by atoms with Gasteiger partial charge in [-0.15, -0.1) is 0 Å². The van der Waals surface area contributed by atoms with Gasteiger partial charge in [-0.1, -0.05) is 19.9 Å². The number of hydrogen-bond acceptors (Lipinski definition) is 6. The molecule has 176 valence electrons. The quantitative estimate of drug-likeness (QED) is 0.638. The van der Waals surface area contributed by atoms with Crippen molar-refractivity contribution in [1.82, 2.24) is 0 Å². The van der Waals surface area contributed by atoms with Gasteiger partial charge in [0.15, 0.2) is 18.1 Å². The Morgan fingerprint density at radius 1 is 1.25 bits per heavy atom. The van der Waals surface area contributed by atoms with Crippen molar-refractivity contribution in [3.05, 3.63) is 23.8 Å². The Morgan fingerprint density at radius 3 is 2.53 bits per heavy atom. The van der Waals surface area contributed by atoms with Crippen LogP contribution in [0.5, 0.6) is 0 Å². The van der Waals surface area contributed by atoms with Crippen molar-refractivity contribution >= 4 is 17.5 Å². The molecule has 3 saturated carbocycles. The Bertz CT molecular complexity index is 945. The van der Waals surface area contributed by atoms with Crippen LogP contribution in [0, 0.1) is 28.6 Å². The number of ketones is 2. The fraction of sp³-hybridized carbons (Fsp3) is 0.708. The number of rotatable bonds is 3. The smallest absolute Gasteiger partial charge is 0.303 e. The molecule has 4 aliphatic rings. The second kappa shape index (κ2) is 7.03. The molecule has 4 aliphatic carbocycles. The maximum atomic E-state index is 17.0. The molecule has 8 heteroatoms. The molecule has 3 fully saturated rings. The minimum Gasteiger partial charge on any atom is -0.458 e. The van der Waals surface area contributed by atoms with Crippen LogP contribution in [0.2, 0.25) is 0 Å². The minimum absolute atomic E-state index is 0.0265. The molecule has 0 amide bonds. The van der Waals surface area contributed by atoms with Gasteiger partial charge in [-0.3, -0.25) is 14.4 Å². The number of esters is 1. The lowest BCUT2D eigenvalue weighted by atomic mass is 9.44. The van der Waals surface area contributed by atoms with E-state index in [1.807, 2.05) is 0 Å². The van der Waals surface area contributed by atoms with E-state index in [1.165, 1.54) is 19.1 Å². The Labute approximate surface area is 185 Å². The third-order valence-corrected chi connectivity index (χ3v) is 9.04. The van der Waals surface area contributed by atoms with Gasteiger partial charge in [0.05, 0.1) is 6.10 Å². The summed E-state index contributed by atoms with van der Waals surface area (Å²) in [5, 5.41) is 22.8. The maximum Gasteiger partial charge on any atom is 0.303 e. The molecule has 0 aromatic rings. The molecule has 9 atom stereocenters. The van der Waals surface area contributed by atoms with Crippen LogP contribution in [-0.4, -0.2) is 57.9 Å². The van der Waals surface area contributed by atoms with E-state index in [0.717, 1.165) is 13.0 Å². The predicted molar refractivity (Wildman–Crippen MR) is 110 cm³/mol. The van der Waals surface area contributed by atoms with Crippen LogP contribution in [0.3, 0.4) is 0 Å². The molecule has 4 rings (SSSR count). The summed E-state index contributed by atoms with van der Waals surface area (Å²) >= 11 is 0. The molecule has 0 radical (unpaired) electrons. The van der Waals surface area contributed by atoms with Gasteiger partial charge in [-0.05, 0) is 55.7 Å². The minimum atomic E-state index is -2.27. The first kappa shape index (κ1) is 23.2. The van der Waals surface area contributed by atoms with Crippen LogP contribution in [-0.2, 0) is 19.1 Å². The summed E-state index contributed by atoms with van der Waals surface area (Å²) in [4.78, 5) is 36.1. The zero-order valence-corrected chi connectivity index (χ0v) is 18.7. The summed E-state index contributed by atoms with van der Waals surface area (Å²) in [6.07, 6.45) is 0.271. The summed E-state index contributed by atoms with van der Waals surface area (Å²) in [6, 6.07) is 0. The first-order valence-electron chi connectivity index (χ1n) is 11.1. The van der Waals surface area contributed by atoms with Crippen LogP contribution >= 0.6 is 0 Å². The summed E-state index contributed by atoms with van der Waals surface area (Å²) < 4.78 is 37.2. The van der Waals surface area contributed by atoms with E-state index in [-0.39, 0.29) is 24.8 Å². The number of ether oxygens (including phenoxy) is 1. The van der Waals surface area contributed by atoms with Gasteiger partial charge in [-0.2, -0.15) is 0 Å². The number of fused-ring (bicyclic) bond motifs is 5. The maximum absolute atomic E-state index is 17.0. The Kier molecular flexibility index (Phi) is 5.11. The Morgan fingerprint density at radius 2 is 1.91 bits per heavy atom. The first-order chi connectivity index (χ1) is 14.7. The van der Waals surface area contributed by atoms with Crippen LogP contribution in [0.25, 0.3) is 0 Å². The molecular weight excluding hydrogens is 422 g/mol. The number of allylic oxidation sites excluding steroid dienone is 4. The van der Waals surface area contributed by atoms with Crippen molar-refractivity contribution in [3.63, 3.8) is 0 Å². The van der Waals surface area contributed by atoms with Gasteiger partial charge in [0, 0.05) is 23.7 Å². The molecule has 6 nitrogen and oxygen atoms in total. The second-order valence-corrected chi connectivity index (χ2v) is 10.5. The Balaban J connectivity index is 1.79. The van der Waals surface area contributed by atoms with E-state index in [1.54, 1.807) is 13.8 Å². The number of alkyl halides is 2. The summed E-state index contributed by atoms with van der Waals surface area (Å²) in [5.74, 6) is -3.98. The van der Waals surface area contributed by atoms with Gasteiger partial charge < -0.3 is 14.9 Å².